The molecular weight excluding hydrogens is 272 g/mol. The molecule has 2 saturated heterocycles. The Morgan fingerprint density at radius 1 is 1.10 bits per heavy atom. The molecule has 2 heterocycles. The third-order valence-electron chi connectivity index (χ3n) is 3.06. The molecule has 1 N–H and O–H groups in total. The Balaban J connectivity index is 2.21. The van der Waals surface area contributed by atoms with Gasteiger partial charge in [-0.2, -0.15) is 0 Å². The Labute approximate surface area is 115 Å². The standard InChI is InChI=1S/C12H18O8/c1-5(13)17-10-9-8(4-16-7(3)19-9)20-12(15)11(10)18-6(2)14/h7-12,15H,4H2,1-3H3/t7?,8-,9-,10+,11-,12?/m1/s1. The van der Waals surface area contributed by atoms with Crippen LogP contribution in [0.5, 0.6) is 0 Å². The van der Waals surface area contributed by atoms with Gasteiger partial charge in [-0.1, -0.05) is 0 Å². The van der Waals surface area contributed by atoms with Crippen molar-refractivity contribution in [1.29, 1.82) is 0 Å². The number of hydrogen-bond donors (Lipinski definition) is 1. The van der Waals surface area contributed by atoms with Crippen molar-refractivity contribution < 1.29 is 38.4 Å². The van der Waals surface area contributed by atoms with Gasteiger partial charge >= 0.3 is 11.9 Å². The molecule has 8 heteroatoms. The molecule has 0 bridgehead atoms. The van der Waals surface area contributed by atoms with Gasteiger partial charge in [-0.25, -0.2) is 0 Å². The fourth-order valence-corrected chi connectivity index (χ4v) is 2.33. The minimum absolute atomic E-state index is 0.188. The molecule has 0 radical (unpaired) electrons. The summed E-state index contributed by atoms with van der Waals surface area (Å²) >= 11 is 0. The number of aliphatic hydroxyl groups is 1. The highest BCUT2D eigenvalue weighted by Gasteiger charge is 2.52. The molecule has 0 aliphatic carbocycles. The SMILES string of the molecule is CC(=O)O[C@H]1[C@@H]2OC(C)OC[C@H]2OC(O)[C@@H]1OC(C)=O. The van der Waals surface area contributed by atoms with Crippen molar-refractivity contribution in [1.82, 2.24) is 0 Å². The summed E-state index contributed by atoms with van der Waals surface area (Å²) in [5, 5.41) is 9.90. The lowest BCUT2D eigenvalue weighted by Crippen LogP contribution is -2.64. The van der Waals surface area contributed by atoms with Gasteiger partial charge in [-0.3, -0.25) is 9.59 Å². The zero-order valence-corrected chi connectivity index (χ0v) is 11.5. The average molecular weight is 290 g/mol. The highest BCUT2D eigenvalue weighted by atomic mass is 16.7. The third-order valence-corrected chi connectivity index (χ3v) is 3.06. The molecule has 0 aromatic heterocycles. The molecule has 2 unspecified atom stereocenters. The van der Waals surface area contributed by atoms with Crippen molar-refractivity contribution >= 4 is 11.9 Å². The summed E-state index contributed by atoms with van der Waals surface area (Å²) < 4.78 is 26.2. The maximum Gasteiger partial charge on any atom is 0.303 e. The molecule has 0 aromatic rings. The molecule has 2 rings (SSSR count). The van der Waals surface area contributed by atoms with Crippen molar-refractivity contribution in [2.24, 2.45) is 0 Å². The Kier molecular flexibility index (Phi) is 4.59. The predicted molar refractivity (Wildman–Crippen MR) is 62.3 cm³/mol. The van der Waals surface area contributed by atoms with Gasteiger partial charge in [-0.15, -0.1) is 0 Å². The summed E-state index contributed by atoms with van der Waals surface area (Å²) in [6, 6.07) is 0. The highest BCUT2D eigenvalue weighted by Crippen LogP contribution is 2.31. The summed E-state index contributed by atoms with van der Waals surface area (Å²) in [5.74, 6) is -1.18. The molecule has 0 spiro atoms. The summed E-state index contributed by atoms with van der Waals surface area (Å²) in [7, 11) is 0. The predicted octanol–water partition coefficient (Wildman–Crippen LogP) is -0.672. The van der Waals surface area contributed by atoms with Gasteiger partial charge in [0.25, 0.3) is 0 Å². The first kappa shape index (κ1) is 15.2. The van der Waals surface area contributed by atoms with Crippen molar-refractivity contribution in [3.8, 4) is 0 Å². The van der Waals surface area contributed by atoms with E-state index in [1.807, 2.05) is 0 Å². The summed E-state index contributed by atoms with van der Waals surface area (Å²) in [5.41, 5.74) is 0. The first-order valence-corrected chi connectivity index (χ1v) is 6.33. The molecule has 2 aliphatic heterocycles. The van der Waals surface area contributed by atoms with Gasteiger partial charge in [0.2, 0.25) is 0 Å². The molecule has 0 amide bonds. The van der Waals surface area contributed by atoms with Crippen LogP contribution in [0.4, 0.5) is 0 Å². The van der Waals surface area contributed by atoms with Crippen LogP contribution in [0.25, 0.3) is 0 Å². The van der Waals surface area contributed by atoms with Gasteiger partial charge < -0.3 is 28.8 Å². The van der Waals surface area contributed by atoms with Gasteiger partial charge in [0.15, 0.2) is 24.8 Å². The van der Waals surface area contributed by atoms with E-state index >= 15 is 0 Å². The van der Waals surface area contributed by atoms with Gasteiger partial charge in [0.05, 0.1) is 6.61 Å². The Morgan fingerprint density at radius 2 is 1.70 bits per heavy atom. The van der Waals surface area contributed by atoms with Gasteiger partial charge in [0, 0.05) is 13.8 Å². The minimum Gasteiger partial charge on any atom is -0.455 e. The zero-order chi connectivity index (χ0) is 14.9. The monoisotopic (exact) mass is 290 g/mol. The fourth-order valence-electron chi connectivity index (χ4n) is 2.33. The fraction of sp³-hybridized carbons (Fsp3) is 0.833. The summed E-state index contributed by atoms with van der Waals surface area (Å²) in [4.78, 5) is 22.4. The van der Waals surface area contributed by atoms with Crippen LogP contribution < -0.4 is 0 Å². The van der Waals surface area contributed by atoms with Crippen LogP contribution in [0.3, 0.4) is 0 Å². The largest absolute Gasteiger partial charge is 0.455 e. The normalized spacial score (nSPS) is 40.6. The second kappa shape index (κ2) is 6.04. The van der Waals surface area contributed by atoms with E-state index in [1.54, 1.807) is 6.92 Å². The van der Waals surface area contributed by atoms with Crippen molar-refractivity contribution in [3.05, 3.63) is 0 Å². The molecule has 0 saturated carbocycles. The lowest BCUT2D eigenvalue weighted by atomic mass is 9.97. The summed E-state index contributed by atoms with van der Waals surface area (Å²) in [6.07, 6.45) is -5.27. The lowest BCUT2D eigenvalue weighted by molar-refractivity contribution is -0.350. The number of ether oxygens (including phenoxy) is 5. The first-order valence-electron chi connectivity index (χ1n) is 6.33. The average Bonchev–Trinajstić information content (AvgIpc) is 2.33. The highest BCUT2D eigenvalue weighted by molar-refractivity contribution is 5.67. The Morgan fingerprint density at radius 3 is 2.30 bits per heavy atom. The number of carbonyl (C=O) groups excluding carboxylic acids is 2. The molecule has 8 nitrogen and oxygen atoms in total. The van der Waals surface area contributed by atoms with E-state index in [9.17, 15) is 14.7 Å². The van der Waals surface area contributed by atoms with E-state index in [4.69, 9.17) is 23.7 Å². The quantitative estimate of drug-likeness (QED) is 0.668. The van der Waals surface area contributed by atoms with Crippen LogP contribution in [-0.2, 0) is 33.3 Å². The minimum atomic E-state index is -1.41. The van der Waals surface area contributed by atoms with Crippen molar-refractivity contribution in [3.63, 3.8) is 0 Å². The third kappa shape index (κ3) is 3.26. The zero-order valence-electron chi connectivity index (χ0n) is 11.5. The molecule has 0 aromatic carbocycles. The number of esters is 2. The van der Waals surface area contributed by atoms with E-state index in [0.717, 1.165) is 0 Å². The van der Waals surface area contributed by atoms with Crippen LogP contribution >= 0.6 is 0 Å². The number of hydrogen-bond acceptors (Lipinski definition) is 8. The molecule has 6 atom stereocenters. The van der Waals surface area contributed by atoms with Gasteiger partial charge in [0.1, 0.15) is 12.2 Å². The smallest absolute Gasteiger partial charge is 0.303 e. The van der Waals surface area contributed by atoms with E-state index in [2.05, 4.69) is 0 Å². The van der Waals surface area contributed by atoms with E-state index in [-0.39, 0.29) is 6.61 Å². The second-order valence-corrected chi connectivity index (χ2v) is 4.71. The maximum absolute atomic E-state index is 11.2. The van der Waals surface area contributed by atoms with Crippen LogP contribution in [0.1, 0.15) is 20.8 Å². The van der Waals surface area contributed by atoms with E-state index < -0.39 is 48.9 Å². The van der Waals surface area contributed by atoms with Gasteiger partial charge in [-0.05, 0) is 6.92 Å². The van der Waals surface area contributed by atoms with Crippen molar-refractivity contribution in [2.45, 2.75) is 57.8 Å². The molecule has 2 aliphatic rings. The summed E-state index contributed by atoms with van der Waals surface area (Å²) in [6.45, 7) is 4.29. The van der Waals surface area contributed by atoms with Crippen LogP contribution in [0, 0.1) is 0 Å². The van der Waals surface area contributed by atoms with E-state index in [1.165, 1.54) is 13.8 Å². The van der Waals surface area contributed by atoms with Crippen LogP contribution in [-0.4, -0.2) is 60.6 Å². The Bertz CT molecular complexity index is 384. The molecular formula is C12H18O8. The topological polar surface area (TPSA) is 101 Å². The Hall–Kier alpha value is -1.22. The number of fused-ring (bicyclic) bond motifs is 1. The maximum atomic E-state index is 11.2. The van der Waals surface area contributed by atoms with E-state index in [0.29, 0.717) is 0 Å². The first-order chi connectivity index (χ1) is 9.38. The van der Waals surface area contributed by atoms with Crippen LogP contribution in [0.2, 0.25) is 0 Å². The molecule has 20 heavy (non-hydrogen) atoms. The second-order valence-electron chi connectivity index (χ2n) is 4.71. The van der Waals surface area contributed by atoms with Crippen molar-refractivity contribution in [2.75, 3.05) is 6.61 Å². The molecule has 114 valence electrons. The lowest BCUT2D eigenvalue weighted by Gasteiger charge is -2.46. The number of rotatable bonds is 2. The van der Waals surface area contributed by atoms with Crippen LogP contribution in [0.15, 0.2) is 0 Å². The molecule has 2 fully saturated rings. The number of aliphatic hydroxyl groups excluding tert-OH is 1. The number of carbonyl (C=O) groups is 2.